The van der Waals surface area contributed by atoms with Gasteiger partial charge in [0.1, 0.15) is 0 Å². The molecule has 0 bridgehead atoms. The number of ketones is 1. The van der Waals surface area contributed by atoms with Crippen molar-refractivity contribution in [3.8, 4) is 0 Å². The zero-order valence-electron chi connectivity index (χ0n) is 14.0. The first-order valence-electron chi connectivity index (χ1n) is 7.98. The fourth-order valence-electron chi connectivity index (χ4n) is 2.87. The second-order valence-electron chi connectivity index (χ2n) is 6.61. The van der Waals surface area contributed by atoms with Crippen LogP contribution in [-0.2, 0) is 14.3 Å². The monoisotopic (exact) mass is 312 g/mol. The zero-order valence-corrected chi connectivity index (χ0v) is 14.0. The van der Waals surface area contributed by atoms with E-state index < -0.39 is 12.1 Å². The van der Waals surface area contributed by atoms with Gasteiger partial charge in [-0.2, -0.15) is 0 Å². The molecule has 0 aromatic heterocycles. The SMILES string of the molecule is COC(=O)N[C@@H](CC(C)C)C(=O)C[C@H](C)C[C@@H]1CCNC1=O. The Balaban J connectivity index is 2.53. The van der Waals surface area contributed by atoms with Crippen LogP contribution in [0.3, 0.4) is 0 Å². The van der Waals surface area contributed by atoms with Crippen LogP contribution in [0.15, 0.2) is 0 Å². The maximum Gasteiger partial charge on any atom is 0.407 e. The van der Waals surface area contributed by atoms with Gasteiger partial charge in [0.25, 0.3) is 0 Å². The Bertz CT molecular complexity index is 409. The minimum absolute atomic E-state index is 0.00463. The van der Waals surface area contributed by atoms with E-state index in [4.69, 9.17) is 0 Å². The number of Topliss-reactive ketones (excluding diaryl/α,β-unsaturated/α-hetero) is 1. The highest BCUT2D eigenvalue weighted by molar-refractivity contribution is 5.87. The number of carbonyl (C=O) groups is 3. The normalized spacial score (nSPS) is 20.4. The molecule has 0 saturated carbocycles. The lowest BCUT2D eigenvalue weighted by atomic mass is 9.88. The maximum absolute atomic E-state index is 12.4. The van der Waals surface area contributed by atoms with Crippen LogP contribution in [0.5, 0.6) is 0 Å². The van der Waals surface area contributed by atoms with Crippen molar-refractivity contribution in [2.75, 3.05) is 13.7 Å². The molecule has 0 aliphatic carbocycles. The Morgan fingerprint density at radius 2 is 2.05 bits per heavy atom. The van der Waals surface area contributed by atoms with Gasteiger partial charge < -0.3 is 15.4 Å². The molecule has 3 atom stereocenters. The van der Waals surface area contributed by atoms with E-state index in [0.717, 1.165) is 13.0 Å². The van der Waals surface area contributed by atoms with Gasteiger partial charge in [-0.1, -0.05) is 20.8 Å². The number of hydrogen-bond acceptors (Lipinski definition) is 4. The molecule has 1 heterocycles. The summed E-state index contributed by atoms with van der Waals surface area (Å²) < 4.78 is 4.58. The Hall–Kier alpha value is -1.59. The number of nitrogens with one attached hydrogen (secondary N) is 2. The summed E-state index contributed by atoms with van der Waals surface area (Å²) >= 11 is 0. The largest absolute Gasteiger partial charge is 0.453 e. The van der Waals surface area contributed by atoms with Crippen molar-refractivity contribution in [2.45, 2.75) is 52.5 Å². The second-order valence-corrected chi connectivity index (χ2v) is 6.61. The van der Waals surface area contributed by atoms with Gasteiger partial charge in [0, 0.05) is 18.9 Å². The van der Waals surface area contributed by atoms with Crippen LogP contribution in [0.25, 0.3) is 0 Å². The average molecular weight is 312 g/mol. The Morgan fingerprint density at radius 1 is 1.36 bits per heavy atom. The van der Waals surface area contributed by atoms with Crippen molar-refractivity contribution in [3.63, 3.8) is 0 Å². The summed E-state index contributed by atoms with van der Waals surface area (Å²) in [4.78, 5) is 35.4. The van der Waals surface area contributed by atoms with E-state index in [1.54, 1.807) is 0 Å². The van der Waals surface area contributed by atoms with Gasteiger partial charge in [0.15, 0.2) is 5.78 Å². The molecule has 0 aromatic carbocycles. The number of methoxy groups -OCH3 is 1. The highest BCUT2D eigenvalue weighted by atomic mass is 16.5. The molecule has 22 heavy (non-hydrogen) atoms. The van der Waals surface area contributed by atoms with E-state index in [2.05, 4.69) is 15.4 Å². The maximum atomic E-state index is 12.4. The van der Waals surface area contributed by atoms with Crippen LogP contribution >= 0.6 is 0 Å². The fourth-order valence-corrected chi connectivity index (χ4v) is 2.87. The molecule has 126 valence electrons. The first kappa shape index (κ1) is 18.5. The van der Waals surface area contributed by atoms with E-state index in [0.29, 0.717) is 25.2 Å². The first-order valence-corrected chi connectivity index (χ1v) is 7.98. The molecule has 0 unspecified atom stereocenters. The van der Waals surface area contributed by atoms with Crippen molar-refractivity contribution >= 4 is 17.8 Å². The summed E-state index contributed by atoms with van der Waals surface area (Å²) in [7, 11) is 1.29. The first-order chi connectivity index (χ1) is 10.3. The summed E-state index contributed by atoms with van der Waals surface area (Å²) in [6.07, 6.45) is 1.93. The van der Waals surface area contributed by atoms with Gasteiger partial charge >= 0.3 is 6.09 Å². The van der Waals surface area contributed by atoms with Gasteiger partial charge in [0.2, 0.25) is 5.91 Å². The summed E-state index contributed by atoms with van der Waals surface area (Å²) in [5, 5.41) is 5.43. The molecule has 2 N–H and O–H groups in total. The molecule has 1 fully saturated rings. The molecule has 0 radical (unpaired) electrons. The lowest BCUT2D eigenvalue weighted by Gasteiger charge is -2.21. The lowest BCUT2D eigenvalue weighted by Crippen LogP contribution is -2.42. The Kier molecular flexibility index (Phi) is 7.35. The second kappa shape index (κ2) is 8.76. The predicted octanol–water partition coefficient (Wildman–Crippen LogP) is 1.88. The Morgan fingerprint density at radius 3 is 2.55 bits per heavy atom. The molecule has 0 spiro atoms. The van der Waals surface area contributed by atoms with Gasteiger partial charge in [-0.15, -0.1) is 0 Å². The van der Waals surface area contributed by atoms with Crippen molar-refractivity contribution in [1.29, 1.82) is 0 Å². The van der Waals surface area contributed by atoms with Crippen LogP contribution in [0, 0.1) is 17.8 Å². The molecule has 1 aliphatic heterocycles. The number of ether oxygens (including phenoxy) is 1. The molecular weight excluding hydrogens is 284 g/mol. The molecule has 1 rings (SSSR count). The molecule has 2 amide bonds. The molecular formula is C16H28N2O4. The van der Waals surface area contributed by atoms with Gasteiger partial charge in [-0.25, -0.2) is 4.79 Å². The summed E-state index contributed by atoms with van der Waals surface area (Å²) in [6.45, 7) is 6.72. The number of carbonyl (C=O) groups excluding carboxylic acids is 3. The smallest absolute Gasteiger partial charge is 0.407 e. The fraction of sp³-hybridized carbons (Fsp3) is 0.812. The molecule has 1 saturated heterocycles. The van der Waals surface area contributed by atoms with E-state index in [9.17, 15) is 14.4 Å². The van der Waals surface area contributed by atoms with Crippen LogP contribution in [0.4, 0.5) is 4.79 Å². The minimum Gasteiger partial charge on any atom is -0.453 e. The van der Waals surface area contributed by atoms with Crippen LogP contribution in [0.1, 0.15) is 46.5 Å². The van der Waals surface area contributed by atoms with Crippen molar-refractivity contribution < 1.29 is 19.1 Å². The van der Waals surface area contributed by atoms with Crippen molar-refractivity contribution in [3.05, 3.63) is 0 Å². The third-order valence-electron chi connectivity index (χ3n) is 3.97. The third-order valence-corrected chi connectivity index (χ3v) is 3.97. The van der Waals surface area contributed by atoms with Gasteiger partial charge in [0.05, 0.1) is 13.2 Å². The molecule has 1 aliphatic rings. The molecule has 6 heteroatoms. The highest BCUT2D eigenvalue weighted by Gasteiger charge is 2.28. The third kappa shape index (κ3) is 6.03. The van der Waals surface area contributed by atoms with Crippen molar-refractivity contribution in [1.82, 2.24) is 10.6 Å². The summed E-state index contributed by atoms with van der Waals surface area (Å²) in [5.41, 5.74) is 0. The van der Waals surface area contributed by atoms with Gasteiger partial charge in [-0.3, -0.25) is 9.59 Å². The van der Waals surface area contributed by atoms with Crippen molar-refractivity contribution in [2.24, 2.45) is 17.8 Å². The minimum atomic E-state index is -0.582. The summed E-state index contributed by atoms with van der Waals surface area (Å²) in [5.74, 6) is 0.521. The Labute approximate surface area is 132 Å². The lowest BCUT2D eigenvalue weighted by molar-refractivity contribution is -0.124. The van der Waals surface area contributed by atoms with E-state index in [1.165, 1.54) is 7.11 Å². The number of amides is 2. The standard InChI is InChI=1S/C16H28N2O4/c1-10(2)7-13(18-16(21)22-4)14(19)9-11(3)8-12-5-6-17-15(12)20/h10-13H,5-9H2,1-4H3,(H,17,20)(H,18,21)/t11-,12+,13+/m1/s1. The van der Waals surface area contributed by atoms with E-state index >= 15 is 0 Å². The summed E-state index contributed by atoms with van der Waals surface area (Å²) in [6, 6.07) is -0.521. The molecule has 0 aromatic rings. The van der Waals surface area contributed by atoms with Crippen LogP contribution in [-0.4, -0.2) is 37.5 Å². The van der Waals surface area contributed by atoms with Crippen LogP contribution in [0.2, 0.25) is 0 Å². The van der Waals surface area contributed by atoms with Gasteiger partial charge in [-0.05, 0) is 31.1 Å². The van der Waals surface area contributed by atoms with Crippen LogP contribution < -0.4 is 10.6 Å². The quantitative estimate of drug-likeness (QED) is 0.716. The zero-order chi connectivity index (χ0) is 16.7. The van der Waals surface area contributed by atoms with E-state index in [1.807, 2.05) is 20.8 Å². The van der Waals surface area contributed by atoms with E-state index in [-0.39, 0.29) is 23.5 Å². The average Bonchev–Trinajstić information content (AvgIpc) is 2.82. The topological polar surface area (TPSA) is 84.5 Å². The number of alkyl carbamates (subject to hydrolysis) is 1. The number of rotatable bonds is 8. The number of hydrogen-bond donors (Lipinski definition) is 2. The highest BCUT2D eigenvalue weighted by Crippen LogP contribution is 2.22. The molecule has 6 nitrogen and oxygen atoms in total. The predicted molar refractivity (Wildman–Crippen MR) is 83.3 cm³/mol.